The van der Waals surface area contributed by atoms with Crippen molar-refractivity contribution in [1.82, 2.24) is 25.9 Å². The Morgan fingerprint density at radius 1 is 0.821 bits per heavy atom. The van der Waals surface area contributed by atoms with E-state index >= 15 is 0 Å². The predicted octanol–water partition coefficient (Wildman–Crippen LogP) is -1.60. The standard InChI is InChI=1S/C24H30N6O9/c25-15(8-13-4-2-1-3-5-13)21(35)29-17(9-14-11-26-12-27-14)23(37)28-16(6-7-19(31)32)22(36)30-18(24(38)39)10-20(33)34/h1-5,11-12,15-18H,6-10,25H2,(H,26,27)(H,28,37)(H,29,35)(H,30,36)(H,31,32)(H,33,34)(H,38,39). The molecular formula is C24H30N6O9. The van der Waals surface area contributed by atoms with Gasteiger partial charge in [0.25, 0.3) is 0 Å². The Kier molecular flexibility index (Phi) is 11.6. The lowest BCUT2D eigenvalue weighted by molar-refractivity contribution is -0.147. The van der Waals surface area contributed by atoms with Crippen LogP contribution < -0.4 is 21.7 Å². The van der Waals surface area contributed by atoms with E-state index in [1.165, 1.54) is 12.5 Å². The number of rotatable bonds is 16. The van der Waals surface area contributed by atoms with Gasteiger partial charge >= 0.3 is 17.9 Å². The summed E-state index contributed by atoms with van der Waals surface area (Å²) in [6, 6.07) is 3.24. The number of carboxylic acids is 3. The molecule has 0 aliphatic carbocycles. The molecule has 1 aromatic heterocycles. The number of benzene rings is 1. The third-order valence-electron chi connectivity index (χ3n) is 5.52. The number of hydrogen-bond donors (Lipinski definition) is 8. The Bertz CT molecular complexity index is 1160. The molecule has 0 bridgehead atoms. The van der Waals surface area contributed by atoms with E-state index in [1.54, 1.807) is 30.3 Å². The zero-order chi connectivity index (χ0) is 28.9. The van der Waals surface area contributed by atoms with Crippen LogP contribution in [0.3, 0.4) is 0 Å². The third-order valence-corrected chi connectivity index (χ3v) is 5.52. The SMILES string of the molecule is NC(Cc1ccccc1)C(=O)NC(Cc1cnc[nH]1)C(=O)NC(CCC(=O)O)C(=O)NC(CC(=O)O)C(=O)O. The molecule has 2 rings (SSSR count). The molecule has 4 unspecified atom stereocenters. The van der Waals surface area contributed by atoms with Crippen molar-refractivity contribution < 1.29 is 44.1 Å². The molecule has 15 nitrogen and oxygen atoms in total. The Balaban J connectivity index is 2.19. The molecule has 1 heterocycles. The first kappa shape index (κ1) is 30.4. The second-order valence-corrected chi connectivity index (χ2v) is 8.63. The molecule has 0 aliphatic rings. The number of carbonyl (C=O) groups is 6. The van der Waals surface area contributed by atoms with Gasteiger partial charge in [-0.3, -0.25) is 24.0 Å². The highest BCUT2D eigenvalue weighted by molar-refractivity contribution is 5.95. The number of nitrogens with one attached hydrogen (secondary N) is 4. The van der Waals surface area contributed by atoms with Gasteiger partial charge in [0.1, 0.15) is 18.1 Å². The Hall–Kier alpha value is -4.79. The summed E-state index contributed by atoms with van der Waals surface area (Å²) in [7, 11) is 0. The van der Waals surface area contributed by atoms with Crippen LogP contribution in [0.1, 0.15) is 30.5 Å². The number of nitrogens with two attached hydrogens (primary N) is 1. The topological polar surface area (TPSA) is 254 Å². The fraction of sp³-hybridized carbons (Fsp3) is 0.375. The molecule has 4 atom stereocenters. The molecule has 0 aliphatic heterocycles. The maximum atomic E-state index is 13.2. The van der Waals surface area contributed by atoms with E-state index < -0.39 is 79.1 Å². The fourth-order valence-electron chi connectivity index (χ4n) is 3.52. The molecule has 0 saturated carbocycles. The Morgan fingerprint density at radius 3 is 2.00 bits per heavy atom. The number of imidazole rings is 1. The molecule has 39 heavy (non-hydrogen) atoms. The number of aromatic nitrogens is 2. The lowest BCUT2D eigenvalue weighted by Crippen LogP contribution is -2.58. The van der Waals surface area contributed by atoms with Crippen LogP contribution in [-0.4, -0.2) is 85.1 Å². The molecule has 0 radical (unpaired) electrons. The Labute approximate surface area is 222 Å². The van der Waals surface area contributed by atoms with Crippen molar-refractivity contribution in [3.8, 4) is 0 Å². The first-order valence-corrected chi connectivity index (χ1v) is 11.8. The molecule has 9 N–H and O–H groups in total. The minimum atomic E-state index is -1.82. The highest BCUT2D eigenvalue weighted by atomic mass is 16.4. The van der Waals surface area contributed by atoms with E-state index in [0.717, 1.165) is 5.56 Å². The van der Waals surface area contributed by atoms with Crippen molar-refractivity contribution in [2.75, 3.05) is 0 Å². The van der Waals surface area contributed by atoms with Crippen molar-refractivity contribution in [3.05, 3.63) is 54.1 Å². The quantitative estimate of drug-likeness (QED) is 0.119. The number of nitrogens with zero attached hydrogens (tertiary/aromatic N) is 1. The lowest BCUT2D eigenvalue weighted by atomic mass is 10.0. The van der Waals surface area contributed by atoms with Crippen LogP contribution in [0.2, 0.25) is 0 Å². The number of carboxylic acid groups (broad SMARTS) is 3. The van der Waals surface area contributed by atoms with Gasteiger partial charge in [0, 0.05) is 24.7 Å². The monoisotopic (exact) mass is 546 g/mol. The number of amides is 3. The van der Waals surface area contributed by atoms with E-state index in [4.69, 9.17) is 15.9 Å². The molecule has 2 aromatic rings. The van der Waals surface area contributed by atoms with Crippen molar-refractivity contribution in [2.24, 2.45) is 5.73 Å². The summed E-state index contributed by atoms with van der Waals surface area (Å²) in [6.45, 7) is 0. The van der Waals surface area contributed by atoms with Gasteiger partial charge in [0.15, 0.2) is 0 Å². The molecule has 210 valence electrons. The summed E-state index contributed by atoms with van der Waals surface area (Å²) in [4.78, 5) is 78.9. The van der Waals surface area contributed by atoms with Crippen LogP contribution in [0.15, 0.2) is 42.9 Å². The predicted molar refractivity (Wildman–Crippen MR) is 133 cm³/mol. The van der Waals surface area contributed by atoms with Crippen molar-refractivity contribution in [3.63, 3.8) is 0 Å². The number of aromatic amines is 1. The first-order chi connectivity index (χ1) is 18.5. The van der Waals surface area contributed by atoms with E-state index in [0.29, 0.717) is 5.69 Å². The van der Waals surface area contributed by atoms with Gasteiger partial charge in [-0.1, -0.05) is 30.3 Å². The fourth-order valence-corrected chi connectivity index (χ4v) is 3.52. The molecule has 15 heteroatoms. The van der Waals surface area contributed by atoms with Gasteiger partial charge in [-0.25, -0.2) is 9.78 Å². The van der Waals surface area contributed by atoms with E-state index in [2.05, 4.69) is 20.6 Å². The van der Waals surface area contributed by atoms with Crippen LogP contribution in [-0.2, 0) is 41.6 Å². The molecule has 0 spiro atoms. The molecule has 1 aromatic carbocycles. The lowest BCUT2D eigenvalue weighted by Gasteiger charge is -2.24. The largest absolute Gasteiger partial charge is 0.481 e. The van der Waals surface area contributed by atoms with Gasteiger partial charge in [0.2, 0.25) is 17.7 Å². The van der Waals surface area contributed by atoms with Gasteiger partial charge in [-0.2, -0.15) is 0 Å². The normalized spacial score (nSPS) is 13.8. The Morgan fingerprint density at radius 2 is 1.44 bits per heavy atom. The second-order valence-electron chi connectivity index (χ2n) is 8.63. The smallest absolute Gasteiger partial charge is 0.326 e. The second kappa shape index (κ2) is 14.8. The van der Waals surface area contributed by atoms with Crippen LogP contribution in [0.5, 0.6) is 0 Å². The highest BCUT2D eigenvalue weighted by Gasteiger charge is 2.31. The van der Waals surface area contributed by atoms with E-state index in [1.807, 2.05) is 5.32 Å². The zero-order valence-corrected chi connectivity index (χ0v) is 20.7. The molecule has 0 saturated heterocycles. The first-order valence-electron chi connectivity index (χ1n) is 11.8. The van der Waals surface area contributed by atoms with E-state index in [9.17, 15) is 33.9 Å². The number of aliphatic carboxylic acids is 3. The van der Waals surface area contributed by atoms with Crippen LogP contribution in [0, 0.1) is 0 Å². The van der Waals surface area contributed by atoms with Gasteiger partial charge < -0.3 is 42.0 Å². The summed E-state index contributed by atoms with van der Waals surface area (Å²) >= 11 is 0. The summed E-state index contributed by atoms with van der Waals surface area (Å²) in [5.74, 6) is -7.09. The minimum absolute atomic E-state index is 0.0976. The average Bonchev–Trinajstić information content (AvgIpc) is 3.38. The van der Waals surface area contributed by atoms with Crippen LogP contribution in [0.25, 0.3) is 0 Å². The average molecular weight is 547 g/mol. The summed E-state index contributed by atoms with van der Waals surface area (Å²) < 4.78 is 0. The van der Waals surface area contributed by atoms with E-state index in [-0.39, 0.29) is 12.8 Å². The number of H-pyrrole nitrogens is 1. The molecular weight excluding hydrogens is 516 g/mol. The number of hydrogen-bond acceptors (Lipinski definition) is 8. The third kappa shape index (κ3) is 10.6. The summed E-state index contributed by atoms with van der Waals surface area (Å²) in [5, 5.41) is 34.0. The van der Waals surface area contributed by atoms with Gasteiger partial charge in [0.05, 0.1) is 18.8 Å². The van der Waals surface area contributed by atoms with Gasteiger partial charge in [-0.05, 0) is 18.4 Å². The zero-order valence-electron chi connectivity index (χ0n) is 20.7. The summed E-state index contributed by atoms with van der Waals surface area (Å²) in [6.07, 6.45) is 0.880. The van der Waals surface area contributed by atoms with Crippen molar-refractivity contribution >= 4 is 35.6 Å². The molecule has 3 amide bonds. The van der Waals surface area contributed by atoms with Crippen molar-refractivity contribution in [1.29, 1.82) is 0 Å². The number of carbonyl (C=O) groups excluding carboxylic acids is 3. The highest BCUT2D eigenvalue weighted by Crippen LogP contribution is 2.06. The van der Waals surface area contributed by atoms with Crippen molar-refractivity contribution in [2.45, 2.75) is 56.3 Å². The van der Waals surface area contributed by atoms with Crippen LogP contribution in [0.4, 0.5) is 0 Å². The molecule has 0 fully saturated rings. The maximum absolute atomic E-state index is 13.2. The maximum Gasteiger partial charge on any atom is 0.326 e. The summed E-state index contributed by atoms with van der Waals surface area (Å²) in [5.41, 5.74) is 7.26. The minimum Gasteiger partial charge on any atom is -0.481 e. The van der Waals surface area contributed by atoms with Gasteiger partial charge in [-0.15, -0.1) is 0 Å². The van der Waals surface area contributed by atoms with Crippen LogP contribution >= 0.6 is 0 Å².